The summed E-state index contributed by atoms with van der Waals surface area (Å²) in [6.45, 7) is 18.6. The fourth-order valence-electron chi connectivity index (χ4n) is 3.74. The Hall–Kier alpha value is -1.07. The van der Waals surface area contributed by atoms with Crippen LogP contribution >= 0.6 is 19.2 Å². The lowest BCUT2D eigenvalue weighted by molar-refractivity contribution is 0.0111. The van der Waals surface area contributed by atoms with Crippen LogP contribution in [-0.4, -0.2) is 58.1 Å². The lowest BCUT2D eigenvalue weighted by atomic mass is 10.2. The molecule has 1 aliphatic heterocycles. The lowest BCUT2D eigenvalue weighted by Gasteiger charge is -2.39. The fourth-order valence-corrected chi connectivity index (χ4v) is 7.59. The number of nitrogens with zero attached hydrogens (tertiary/aromatic N) is 4. The topological polar surface area (TPSA) is 124 Å². The molecule has 1 saturated heterocycles. The second-order valence-electron chi connectivity index (χ2n) is 11.1. The van der Waals surface area contributed by atoms with E-state index < -0.39 is 27.9 Å². The van der Waals surface area contributed by atoms with Crippen molar-refractivity contribution in [1.29, 1.82) is 0 Å². The SMILES string of the molecule is CC(C)OP(=O)(OC(C)C)[C@H]1C[C@H](O[Si](C)(C)C(C)(C)C)[C@@H](Cn2cnc3c(Cl)nc(N)nc32)O1. The molecular weight excluding hydrogens is 509 g/mol. The Bertz CT molecular complexity index is 1080. The van der Waals surface area contributed by atoms with Gasteiger partial charge in [-0.3, -0.25) is 4.57 Å². The van der Waals surface area contributed by atoms with E-state index in [0.717, 1.165) is 0 Å². The Morgan fingerprint density at radius 1 is 1.23 bits per heavy atom. The van der Waals surface area contributed by atoms with Gasteiger partial charge in [0, 0.05) is 6.42 Å². The first-order chi connectivity index (χ1) is 16.0. The van der Waals surface area contributed by atoms with Gasteiger partial charge in [-0.05, 0) is 45.8 Å². The molecule has 3 rings (SSSR count). The number of rotatable bonds is 9. The monoisotopic (exact) mass is 547 g/mol. The third-order valence-electron chi connectivity index (χ3n) is 6.32. The van der Waals surface area contributed by atoms with Gasteiger partial charge in [-0.25, -0.2) is 4.98 Å². The highest BCUT2D eigenvalue weighted by Crippen LogP contribution is 2.59. The first-order valence-corrected chi connectivity index (χ1v) is 16.9. The molecule has 0 amide bonds. The highest BCUT2D eigenvalue weighted by atomic mass is 35.5. The average molecular weight is 548 g/mol. The van der Waals surface area contributed by atoms with Crippen LogP contribution in [0.1, 0.15) is 54.9 Å². The number of hydrogen-bond donors (Lipinski definition) is 1. The standard InChI is InChI=1S/C22H39ClN5O5PSi/c1-13(2)31-34(29,32-14(3)4)17-10-15(33-35(8,9)22(5,6)7)16(30-17)11-28-12-25-18-19(23)26-21(24)27-20(18)28/h12-17H,10-11H2,1-9H3,(H2,24,26,27)/t15-,16+,17-/m0/s1. The third kappa shape index (κ3) is 6.44. The minimum Gasteiger partial charge on any atom is -0.411 e. The van der Waals surface area contributed by atoms with Crippen molar-refractivity contribution in [3.8, 4) is 0 Å². The van der Waals surface area contributed by atoms with Crippen molar-refractivity contribution in [2.75, 3.05) is 5.73 Å². The molecule has 0 radical (unpaired) electrons. The molecule has 0 aromatic carbocycles. The molecule has 0 saturated carbocycles. The Balaban J connectivity index is 1.97. The van der Waals surface area contributed by atoms with Crippen LogP contribution in [0, 0.1) is 0 Å². The van der Waals surface area contributed by atoms with Crippen LogP contribution in [0.25, 0.3) is 11.2 Å². The lowest BCUT2D eigenvalue weighted by Crippen LogP contribution is -2.46. The van der Waals surface area contributed by atoms with Crippen LogP contribution in [0.3, 0.4) is 0 Å². The van der Waals surface area contributed by atoms with Crippen LogP contribution < -0.4 is 5.73 Å². The van der Waals surface area contributed by atoms with Crippen LogP contribution in [0.15, 0.2) is 6.33 Å². The number of halogens is 1. The van der Waals surface area contributed by atoms with Gasteiger partial charge < -0.3 is 28.5 Å². The van der Waals surface area contributed by atoms with Crippen molar-refractivity contribution in [2.45, 2.75) is 110 Å². The average Bonchev–Trinajstić information content (AvgIpc) is 3.24. The molecule has 3 atom stereocenters. The second-order valence-corrected chi connectivity index (χ2v) is 18.3. The van der Waals surface area contributed by atoms with Crippen molar-refractivity contribution >= 4 is 44.6 Å². The second kappa shape index (κ2) is 10.4. The summed E-state index contributed by atoms with van der Waals surface area (Å²) in [5, 5.41) is 0.171. The molecule has 0 bridgehead atoms. The third-order valence-corrected chi connectivity index (χ3v) is 13.6. The Morgan fingerprint density at radius 3 is 2.37 bits per heavy atom. The molecule has 35 heavy (non-hydrogen) atoms. The molecule has 13 heteroatoms. The summed E-state index contributed by atoms with van der Waals surface area (Å²) < 4.78 is 40.6. The highest BCUT2D eigenvalue weighted by Gasteiger charge is 2.51. The smallest absolute Gasteiger partial charge is 0.359 e. The van der Waals surface area contributed by atoms with E-state index in [4.69, 9.17) is 35.5 Å². The Morgan fingerprint density at radius 2 is 1.83 bits per heavy atom. The number of hydrogen-bond acceptors (Lipinski definition) is 9. The molecule has 2 aromatic heterocycles. The maximum Gasteiger partial charge on any atom is 0.359 e. The molecular formula is C22H39ClN5O5PSi. The zero-order valence-corrected chi connectivity index (χ0v) is 24.8. The molecule has 0 spiro atoms. The van der Waals surface area contributed by atoms with E-state index in [2.05, 4.69) is 48.8 Å². The van der Waals surface area contributed by atoms with E-state index >= 15 is 0 Å². The van der Waals surface area contributed by atoms with Crippen LogP contribution in [0.4, 0.5) is 5.95 Å². The predicted octanol–water partition coefficient (Wildman–Crippen LogP) is 5.61. The van der Waals surface area contributed by atoms with Gasteiger partial charge in [-0.1, -0.05) is 32.4 Å². The molecule has 1 aliphatic rings. The van der Waals surface area contributed by atoms with Gasteiger partial charge in [-0.15, -0.1) is 0 Å². The molecule has 2 N–H and O–H groups in total. The van der Waals surface area contributed by atoms with Gasteiger partial charge >= 0.3 is 7.60 Å². The zero-order chi connectivity index (χ0) is 26.3. The number of anilines is 1. The van der Waals surface area contributed by atoms with Crippen molar-refractivity contribution in [2.24, 2.45) is 0 Å². The molecule has 2 aromatic rings. The Labute approximate surface area is 213 Å². The molecule has 0 unspecified atom stereocenters. The van der Waals surface area contributed by atoms with Gasteiger partial charge in [0.15, 0.2) is 25.0 Å². The molecule has 0 aliphatic carbocycles. The van der Waals surface area contributed by atoms with Gasteiger partial charge in [0.05, 0.1) is 31.2 Å². The van der Waals surface area contributed by atoms with Crippen LogP contribution in [0.5, 0.6) is 0 Å². The summed E-state index contributed by atoms with van der Waals surface area (Å²) in [4.78, 5) is 12.6. The van der Waals surface area contributed by atoms with E-state index in [1.54, 1.807) is 6.33 Å². The number of aromatic nitrogens is 4. The summed E-state index contributed by atoms with van der Waals surface area (Å²) in [6, 6.07) is 0. The van der Waals surface area contributed by atoms with E-state index in [-0.39, 0.29) is 34.5 Å². The van der Waals surface area contributed by atoms with E-state index in [9.17, 15) is 4.57 Å². The Kier molecular flexibility index (Phi) is 8.43. The molecule has 3 heterocycles. The summed E-state index contributed by atoms with van der Waals surface area (Å²) in [5.74, 6) is -0.700. The van der Waals surface area contributed by atoms with Crippen molar-refractivity contribution in [3.63, 3.8) is 0 Å². The normalized spacial score (nSPS) is 22.1. The summed E-state index contributed by atoms with van der Waals surface area (Å²) >= 11 is 6.21. The summed E-state index contributed by atoms with van der Waals surface area (Å²) in [7, 11) is -5.77. The van der Waals surface area contributed by atoms with Gasteiger partial charge in [0.25, 0.3) is 0 Å². The van der Waals surface area contributed by atoms with Crippen LogP contribution in [-0.2, 0) is 29.3 Å². The molecule has 1 fully saturated rings. The largest absolute Gasteiger partial charge is 0.411 e. The van der Waals surface area contributed by atoms with Gasteiger partial charge in [-0.2, -0.15) is 9.97 Å². The number of fused-ring (bicyclic) bond motifs is 1. The van der Waals surface area contributed by atoms with E-state index in [1.807, 2.05) is 32.3 Å². The maximum absolute atomic E-state index is 13.9. The summed E-state index contributed by atoms with van der Waals surface area (Å²) in [6.07, 6.45) is 0.662. The number of ether oxygens (including phenoxy) is 1. The minimum atomic E-state index is -3.59. The first-order valence-electron chi connectivity index (χ1n) is 12.0. The molecule has 198 valence electrons. The minimum absolute atomic E-state index is 0.0148. The zero-order valence-electron chi connectivity index (χ0n) is 22.1. The van der Waals surface area contributed by atoms with E-state index in [1.165, 1.54) is 0 Å². The first kappa shape index (κ1) is 28.5. The van der Waals surface area contributed by atoms with E-state index in [0.29, 0.717) is 24.1 Å². The maximum atomic E-state index is 13.9. The number of imidazole rings is 1. The van der Waals surface area contributed by atoms with Crippen molar-refractivity contribution in [1.82, 2.24) is 19.5 Å². The van der Waals surface area contributed by atoms with Crippen molar-refractivity contribution in [3.05, 3.63) is 11.5 Å². The summed E-state index contributed by atoms with van der Waals surface area (Å²) in [5.41, 5.74) is 6.78. The number of nitrogens with two attached hydrogens (primary N) is 1. The quantitative estimate of drug-likeness (QED) is 0.242. The number of nitrogen functional groups attached to an aromatic ring is 1. The molecule has 10 nitrogen and oxygen atoms in total. The highest BCUT2D eigenvalue weighted by molar-refractivity contribution is 7.54. The predicted molar refractivity (Wildman–Crippen MR) is 140 cm³/mol. The van der Waals surface area contributed by atoms with Crippen molar-refractivity contribution < 1.29 is 22.8 Å². The van der Waals surface area contributed by atoms with Crippen LogP contribution in [0.2, 0.25) is 23.3 Å². The fraction of sp³-hybridized carbons (Fsp3) is 0.773. The van der Waals surface area contributed by atoms with Gasteiger partial charge in [0.2, 0.25) is 5.95 Å². The van der Waals surface area contributed by atoms with Gasteiger partial charge in [0.1, 0.15) is 11.6 Å².